The van der Waals surface area contributed by atoms with Crippen LogP contribution >= 0.6 is 0 Å². The first-order valence-corrected chi connectivity index (χ1v) is 9.91. The lowest BCUT2D eigenvalue weighted by molar-refractivity contribution is -0.122. The molecule has 0 saturated carbocycles. The molecular weight excluding hydrogens is 386 g/mol. The Kier molecular flexibility index (Phi) is 6.82. The lowest BCUT2D eigenvalue weighted by Crippen LogP contribution is -2.31. The van der Waals surface area contributed by atoms with Crippen LogP contribution in [0, 0.1) is 0 Å². The predicted octanol–water partition coefficient (Wildman–Crippen LogP) is 3.78. The van der Waals surface area contributed by atoms with Gasteiger partial charge in [-0.05, 0) is 49.8 Å². The molecule has 0 spiro atoms. The number of methoxy groups -OCH3 is 3. The van der Waals surface area contributed by atoms with Crippen LogP contribution in [0.4, 0.5) is 5.69 Å². The van der Waals surface area contributed by atoms with E-state index in [9.17, 15) is 9.59 Å². The molecule has 0 fully saturated rings. The number of esters is 1. The molecular formula is C23H27NO6. The van der Waals surface area contributed by atoms with Crippen molar-refractivity contribution in [3.8, 4) is 17.2 Å². The first-order valence-electron chi connectivity index (χ1n) is 9.91. The highest BCUT2D eigenvalue weighted by molar-refractivity contribution is 6.03. The normalized spacial score (nSPS) is 13.6. The van der Waals surface area contributed by atoms with E-state index in [0.29, 0.717) is 11.5 Å². The number of aryl methyl sites for hydroxylation is 1. The van der Waals surface area contributed by atoms with Gasteiger partial charge in [-0.15, -0.1) is 0 Å². The Hall–Kier alpha value is -3.22. The van der Waals surface area contributed by atoms with Crippen molar-refractivity contribution >= 4 is 17.6 Å². The number of carbonyl (C=O) groups excluding carboxylic acids is 2. The topological polar surface area (TPSA) is 83.1 Å². The van der Waals surface area contributed by atoms with Gasteiger partial charge in [0.05, 0.1) is 32.6 Å². The Morgan fingerprint density at radius 1 is 0.967 bits per heavy atom. The maximum atomic E-state index is 12.8. The Balaban J connectivity index is 1.82. The molecule has 2 aromatic rings. The SMILES string of the molecule is COC(=O)c1cc(OC)c(OC)cc1NC(=O)C(C)Oc1cccc2c1CCCC2. The molecule has 30 heavy (non-hydrogen) atoms. The fraction of sp³-hybridized carbons (Fsp3) is 0.391. The van der Waals surface area contributed by atoms with Crippen molar-refractivity contribution in [1.29, 1.82) is 0 Å². The largest absolute Gasteiger partial charge is 0.493 e. The number of nitrogens with one attached hydrogen (secondary N) is 1. The maximum absolute atomic E-state index is 12.8. The zero-order valence-electron chi connectivity index (χ0n) is 17.7. The third-order valence-electron chi connectivity index (χ3n) is 5.21. The highest BCUT2D eigenvalue weighted by Crippen LogP contribution is 2.34. The summed E-state index contributed by atoms with van der Waals surface area (Å²) in [6.45, 7) is 1.68. The van der Waals surface area contributed by atoms with E-state index in [0.717, 1.165) is 25.0 Å². The molecule has 0 bridgehead atoms. The number of rotatable bonds is 7. The zero-order chi connectivity index (χ0) is 21.7. The van der Waals surface area contributed by atoms with E-state index in [1.54, 1.807) is 6.92 Å². The van der Waals surface area contributed by atoms with Crippen LogP contribution < -0.4 is 19.5 Å². The zero-order valence-corrected chi connectivity index (χ0v) is 17.7. The van der Waals surface area contributed by atoms with E-state index in [4.69, 9.17) is 18.9 Å². The molecule has 0 aliphatic heterocycles. The van der Waals surface area contributed by atoms with Gasteiger partial charge in [0.1, 0.15) is 5.75 Å². The lowest BCUT2D eigenvalue weighted by atomic mass is 9.91. The minimum atomic E-state index is -0.767. The van der Waals surface area contributed by atoms with Gasteiger partial charge >= 0.3 is 5.97 Å². The van der Waals surface area contributed by atoms with Gasteiger partial charge < -0.3 is 24.3 Å². The van der Waals surface area contributed by atoms with Gasteiger partial charge in [-0.1, -0.05) is 12.1 Å². The van der Waals surface area contributed by atoms with Crippen LogP contribution in [-0.2, 0) is 22.4 Å². The molecule has 0 saturated heterocycles. The van der Waals surface area contributed by atoms with Gasteiger partial charge in [-0.3, -0.25) is 4.79 Å². The third kappa shape index (κ3) is 4.50. The molecule has 7 heteroatoms. The van der Waals surface area contributed by atoms with E-state index in [-0.39, 0.29) is 17.2 Å². The summed E-state index contributed by atoms with van der Waals surface area (Å²) < 4.78 is 21.3. The van der Waals surface area contributed by atoms with Crippen LogP contribution in [0.2, 0.25) is 0 Å². The molecule has 0 radical (unpaired) electrons. The maximum Gasteiger partial charge on any atom is 0.340 e. The first-order chi connectivity index (χ1) is 14.5. The van der Waals surface area contributed by atoms with Crippen molar-refractivity contribution in [2.75, 3.05) is 26.6 Å². The number of benzene rings is 2. The molecule has 1 amide bonds. The predicted molar refractivity (Wildman–Crippen MR) is 113 cm³/mol. The number of anilines is 1. The summed E-state index contributed by atoms with van der Waals surface area (Å²) in [6.07, 6.45) is 3.49. The van der Waals surface area contributed by atoms with Crippen molar-refractivity contribution < 1.29 is 28.5 Å². The lowest BCUT2D eigenvalue weighted by Gasteiger charge is -2.22. The molecule has 0 heterocycles. The fourth-order valence-electron chi connectivity index (χ4n) is 3.60. The monoisotopic (exact) mass is 413 g/mol. The second-order valence-corrected chi connectivity index (χ2v) is 7.09. The van der Waals surface area contributed by atoms with Gasteiger partial charge in [0, 0.05) is 12.1 Å². The summed E-state index contributed by atoms with van der Waals surface area (Å²) in [7, 11) is 4.22. The summed E-state index contributed by atoms with van der Waals surface area (Å²) in [5, 5.41) is 2.75. The quantitative estimate of drug-likeness (QED) is 0.696. The molecule has 3 rings (SSSR count). The Labute approximate surface area is 176 Å². The van der Waals surface area contributed by atoms with Crippen LogP contribution in [0.15, 0.2) is 30.3 Å². The Morgan fingerprint density at radius 3 is 2.37 bits per heavy atom. The average molecular weight is 413 g/mol. The smallest absolute Gasteiger partial charge is 0.340 e. The minimum Gasteiger partial charge on any atom is -0.493 e. The van der Waals surface area contributed by atoms with Crippen molar-refractivity contribution in [2.45, 2.75) is 38.7 Å². The number of carbonyl (C=O) groups is 2. The van der Waals surface area contributed by atoms with Crippen molar-refractivity contribution in [3.05, 3.63) is 47.0 Å². The van der Waals surface area contributed by atoms with Gasteiger partial charge in [0.2, 0.25) is 0 Å². The second kappa shape index (κ2) is 9.52. The summed E-state index contributed by atoms with van der Waals surface area (Å²) in [5.41, 5.74) is 2.87. The van der Waals surface area contributed by atoms with E-state index in [1.807, 2.05) is 12.1 Å². The van der Waals surface area contributed by atoms with Gasteiger partial charge in [-0.2, -0.15) is 0 Å². The molecule has 2 aromatic carbocycles. The fourth-order valence-corrected chi connectivity index (χ4v) is 3.60. The minimum absolute atomic E-state index is 0.160. The summed E-state index contributed by atoms with van der Waals surface area (Å²) >= 11 is 0. The second-order valence-electron chi connectivity index (χ2n) is 7.09. The van der Waals surface area contributed by atoms with E-state index >= 15 is 0 Å². The number of amides is 1. The molecule has 1 aliphatic rings. The number of hydrogen-bond acceptors (Lipinski definition) is 6. The van der Waals surface area contributed by atoms with Crippen LogP contribution in [-0.4, -0.2) is 39.3 Å². The molecule has 0 aromatic heterocycles. The van der Waals surface area contributed by atoms with Crippen LogP contribution in [0.3, 0.4) is 0 Å². The van der Waals surface area contributed by atoms with Crippen LogP contribution in [0.25, 0.3) is 0 Å². The van der Waals surface area contributed by atoms with Crippen molar-refractivity contribution in [1.82, 2.24) is 0 Å². The van der Waals surface area contributed by atoms with E-state index < -0.39 is 12.1 Å². The molecule has 1 aliphatic carbocycles. The van der Waals surface area contributed by atoms with Crippen LogP contribution in [0.1, 0.15) is 41.3 Å². The van der Waals surface area contributed by atoms with Gasteiger partial charge in [-0.25, -0.2) is 4.79 Å². The highest BCUT2D eigenvalue weighted by atomic mass is 16.5. The summed E-state index contributed by atoms with van der Waals surface area (Å²) in [6, 6.07) is 8.95. The molecule has 7 nitrogen and oxygen atoms in total. The van der Waals surface area contributed by atoms with Crippen molar-refractivity contribution in [3.63, 3.8) is 0 Å². The molecule has 1 N–H and O–H groups in total. The standard InChI is InChI=1S/C23H27NO6/c1-14(30-19-11-7-9-15-8-5-6-10-16(15)19)22(25)24-18-13-21(28-3)20(27-2)12-17(18)23(26)29-4/h7,9,11-14H,5-6,8,10H2,1-4H3,(H,24,25). The van der Waals surface area contributed by atoms with E-state index in [2.05, 4.69) is 11.4 Å². The number of ether oxygens (including phenoxy) is 4. The van der Waals surface area contributed by atoms with Gasteiger partial charge in [0.15, 0.2) is 17.6 Å². The number of fused-ring (bicyclic) bond motifs is 1. The molecule has 1 unspecified atom stereocenters. The van der Waals surface area contributed by atoms with Crippen LogP contribution in [0.5, 0.6) is 17.2 Å². The molecule has 160 valence electrons. The average Bonchev–Trinajstić information content (AvgIpc) is 2.78. The summed E-state index contributed by atoms with van der Waals surface area (Å²) in [4.78, 5) is 25.0. The summed E-state index contributed by atoms with van der Waals surface area (Å²) in [5.74, 6) is 0.482. The number of hydrogen-bond donors (Lipinski definition) is 1. The third-order valence-corrected chi connectivity index (χ3v) is 5.21. The Bertz CT molecular complexity index is 940. The van der Waals surface area contributed by atoms with Gasteiger partial charge in [0.25, 0.3) is 5.91 Å². The first kappa shape index (κ1) is 21.5. The molecule has 1 atom stereocenters. The van der Waals surface area contributed by atoms with Crippen molar-refractivity contribution in [2.24, 2.45) is 0 Å². The highest BCUT2D eigenvalue weighted by Gasteiger charge is 2.23. The van der Waals surface area contributed by atoms with E-state index in [1.165, 1.54) is 51.0 Å². The Morgan fingerprint density at radius 2 is 1.67 bits per heavy atom.